The topological polar surface area (TPSA) is 78.8 Å². The molecule has 0 aliphatic heterocycles. The fourth-order valence-electron chi connectivity index (χ4n) is 2.90. The van der Waals surface area contributed by atoms with Gasteiger partial charge in [0.25, 0.3) is 0 Å². The van der Waals surface area contributed by atoms with Gasteiger partial charge < -0.3 is 10.5 Å². The summed E-state index contributed by atoms with van der Waals surface area (Å²) in [5.41, 5.74) is 7.26. The van der Waals surface area contributed by atoms with Crippen LogP contribution >= 0.6 is 0 Å². The third-order valence-corrected chi connectivity index (χ3v) is 4.17. The number of methoxy groups -OCH3 is 1. The fraction of sp³-hybridized carbons (Fsp3) is 0.500. The van der Waals surface area contributed by atoms with Crippen LogP contribution in [0.4, 0.5) is 10.1 Å². The van der Waals surface area contributed by atoms with Crippen molar-refractivity contribution in [3.63, 3.8) is 0 Å². The highest BCUT2D eigenvalue weighted by Gasteiger charge is 2.32. The summed E-state index contributed by atoms with van der Waals surface area (Å²) in [4.78, 5) is 0. The second-order valence-corrected chi connectivity index (χ2v) is 5.39. The van der Waals surface area contributed by atoms with E-state index in [1.54, 1.807) is 24.8 Å². The Morgan fingerprint density at radius 3 is 2.90 bits per heavy atom. The van der Waals surface area contributed by atoms with E-state index in [0.717, 1.165) is 19.3 Å². The maximum atomic E-state index is 13.9. The molecular formula is C14H18FN5O. The van der Waals surface area contributed by atoms with E-state index in [4.69, 9.17) is 10.5 Å². The molecule has 21 heavy (non-hydrogen) atoms. The van der Waals surface area contributed by atoms with Crippen LogP contribution in [0.25, 0.3) is 11.4 Å². The smallest absolute Gasteiger partial charge is 0.182 e. The minimum absolute atomic E-state index is 0.0746. The molecule has 1 aromatic heterocycles. The highest BCUT2D eigenvalue weighted by Crippen LogP contribution is 2.34. The first-order chi connectivity index (χ1) is 10.1. The van der Waals surface area contributed by atoms with Crippen molar-refractivity contribution in [2.45, 2.75) is 38.3 Å². The largest absolute Gasteiger partial charge is 0.398 e. The summed E-state index contributed by atoms with van der Waals surface area (Å²) < 4.78 is 21.1. The first-order valence-electron chi connectivity index (χ1n) is 6.98. The molecule has 3 rings (SSSR count). The van der Waals surface area contributed by atoms with Crippen LogP contribution < -0.4 is 5.73 Å². The minimum atomic E-state index is -0.353. The molecule has 1 saturated carbocycles. The van der Waals surface area contributed by atoms with Gasteiger partial charge >= 0.3 is 0 Å². The van der Waals surface area contributed by atoms with Gasteiger partial charge in [0.1, 0.15) is 5.82 Å². The number of hydrogen-bond acceptors (Lipinski definition) is 5. The van der Waals surface area contributed by atoms with E-state index < -0.39 is 0 Å². The van der Waals surface area contributed by atoms with Crippen molar-refractivity contribution in [1.82, 2.24) is 20.2 Å². The second-order valence-electron chi connectivity index (χ2n) is 5.39. The number of aromatic nitrogens is 4. The number of benzene rings is 1. The molecule has 0 amide bonds. The molecule has 112 valence electrons. The molecule has 0 spiro atoms. The van der Waals surface area contributed by atoms with Gasteiger partial charge in [0, 0.05) is 23.9 Å². The molecule has 2 N–H and O–H groups in total. The number of halogens is 1. The molecule has 0 saturated heterocycles. The van der Waals surface area contributed by atoms with Crippen molar-refractivity contribution in [1.29, 1.82) is 0 Å². The SMILES string of the molecule is COC1CCCC1n1nnnc1-c1cc(N)c(C)c(F)c1. The van der Waals surface area contributed by atoms with Crippen molar-refractivity contribution in [3.05, 3.63) is 23.5 Å². The van der Waals surface area contributed by atoms with Crippen LogP contribution in [0.5, 0.6) is 0 Å². The van der Waals surface area contributed by atoms with Crippen LogP contribution in [0.2, 0.25) is 0 Å². The summed E-state index contributed by atoms with van der Waals surface area (Å²) in [7, 11) is 1.69. The van der Waals surface area contributed by atoms with E-state index in [0.29, 0.717) is 22.6 Å². The number of anilines is 1. The number of tetrazole rings is 1. The van der Waals surface area contributed by atoms with Crippen molar-refractivity contribution in [3.8, 4) is 11.4 Å². The standard InChI is InChI=1S/C14H18FN5O/c1-8-10(15)6-9(7-11(8)16)14-17-18-19-20(14)12-4-3-5-13(12)21-2/h6-7,12-13H,3-5,16H2,1-2H3. The maximum Gasteiger partial charge on any atom is 0.182 e. The van der Waals surface area contributed by atoms with Crippen LogP contribution in [0.15, 0.2) is 12.1 Å². The van der Waals surface area contributed by atoms with Gasteiger partial charge in [-0.1, -0.05) is 0 Å². The molecule has 1 aromatic carbocycles. The van der Waals surface area contributed by atoms with Crippen LogP contribution in [-0.4, -0.2) is 33.4 Å². The van der Waals surface area contributed by atoms with Crippen LogP contribution in [0.3, 0.4) is 0 Å². The van der Waals surface area contributed by atoms with E-state index in [-0.39, 0.29) is 18.0 Å². The number of nitrogens with two attached hydrogens (primary N) is 1. The number of hydrogen-bond donors (Lipinski definition) is 1. The number of nitrogen functional groups attached to an aromatic ring is 1. The zero-order chi connectivity index (χ0) is 15.0. The monoisotopic (exact) mass is 291 g/mol. The molecule has 0 radical (unpaired) electrons. The van der Waals surface area contributed by atoms with Gasteiger partial charge in [-0.25, -0.2) is 9.07 Å². The minimum Gasteiger partial charge on any atom is -0.398 e. The van der Waals surface area contributed by atoms with E-state index in [9.17, 15) is 4.39 Å². The van der Waals surface area contributed by atoms with Gasteiger partial charge in [-0.3, -0.25) is 0 Å². The molecule has 1 aliphatic rings. The van der Waals surface area contributed by atoms with Gasteiger partial charge in [0.2, 0.25) is 0 Å². The lowest BCUT2D eigenvalue weighted by Gasteiger charge is -2.19. The average molecular weight is 291 g/mol. The maximum absolute atomic E-state index is 13.9. The zero-order valence-electron chi connectivity index (χ0n) is 12.1. The van der Waals surface area contributed by atoms with Gasteiger partial charge in [-0.05, 0) is 48.7 Å². The Labute approximate surface area is 122 Å². The molecule has 2 aromatic rings. The predicted molar refractivity (Wildman–Crippen MR) is 76.0 cm³/mol. The second kappa shape index (κ2) is 5.40. The molecule has 1 aliphatic carbocycles. The molecule has 2 atom stereocenters. The molecule has 1 fully saturated rings. The van der Waals surface area contributed by atoms with E-state index in [2.05, 4.69) is 15.5 Å². The lowest BCUT2D eigenvalue weighted by molar-refractivity contribution is 0.0708. The quantitative estimate of drug-likeness (QED) is 0.876. The van der Waals surface area contributed by atoms with Crippen molar-refractivity contribution in [2.24, 2.45) is 0 Å². The molecule has 7 heteroatoms. The summed E-state index contributed by atoms with van der Waals surface area (Å²) in [6.45, 7) is 1.65. The summed E-state index contributed by atoms with van der Waals surface area (Å²) in [6.07, 6.45) is 3.07. The Morgan fingerprint density at radius 2 is 2.19 bits per heavy atom. The van der Waals surface area contributed by atoms with Gasteiger partial charge in [-0.15, -0.1) is 5.10 Å². The Bertz CT molecular complexity index is 634. The summed E-state index contributed by atoms with van der Waals surface area (Å²) in [6, 6.07) is 3.20. The molecule has 6 nitrogen and oxygen atoms in total. The lowest BCUT2D eigenvalue weighted by atomic mass is 10.1. The van der Waals surface area contributed by atoms with Gasteiger partial charge in [0.15, 0.2) is 5.82 Å². The molecule has 0 bridgehead atoms. The first kappa shape index (κ1) is 13.9. The van der Waals surface area contributed by atoms with Crippen LogP contribution in [0.1, 0.15) is 30.9 Å². The Balaban J connectivity index is 2.03. The molecule has 1 heterocycles. The first-order valence-corrected chi connectivity index (χ1v) is 6.98. The predicted octanol–water partition coefficient (Wildman–Crippen LogP) is 2.11. The third kappa shape index (κ3) is 2.37. The van der Waals surface area contributed by atoms with Crippen LogP contribution in [0, 0.1) is 12.7 Å². The Kier molecular flexibility index (Phi) is 3.59. The van der Waals surface area contributed by atoms with Crippen molar-refractivity contribution in [2.75, 3.05) is 12.8 Å². The Hall–Kier alpha value is -2.02. The third-order valence-electron chi connectivity index (χ3n) is 4.17. The molecular weight excluding hydrogens is 273 g/mol. The highest BCUT2D eigenvalue weighted by molar-refractivity contribution is 5.64. The summed E-state index contributed by atoms with van der Waals surface area (Å²) in [5, 5.41) is 11.8. The fourth-order valence-corrected chi connectivity index (χ4v) is 2.90. The number of nitrogens with zero attached hydrogens (tertiary/aromatic N) is 4. The average Bonchev–Trinajstić information content (AvgIpc) is 3.11. The highest BCUT2D eigenvalue weighted by atomic mass is 19.1. The Morgan fingerprint density at radius 1 is 1.38 bits per heavy atom. The summed E-state index contributed by atoms with van der Waals surface area (Å²) >= 11 is 0. The van der Waals surface area contributed by atoms with E-state index >= 15 is 0 Å². The van der Waals surface area contributed by atoms with Gasteiger partial charge in [-0.2, -0.15) is 0 Å². The van der Waals surface area contributed by atoms with Crippen LogP contribution in [-0.2, 0) is 4.74 Å². The van der Waals surface area contributed by atoms with Gasteiger partial charge in [0.05, 0.1) is 12.1 Å². The number of ether oxygens (including phenoxy) is 1. The van der Waals surface area contributed by atoms with E-state index in [1.807, 2.05) is 0 Å². The van der Waals surface area contributed by atoms with E-state index in [1.165, 1.54) is 6.07 Å². The summed E-state index contributed by atoms with van der Waals surface area (Å²) in [5.74, 6) is 0.170. The van der Waals surface area contributed by atoms with Crippen molar-refractivity contribution >= 4 is 5.69 Å². The lowest BCUT2D eigenvalue weighted by Crippen LogP contribution is -2.22. The number of rotatable bonds is 3. The molecule has 2 unspecified atom stereocenters. The zero-order valence-corrected chi connectivity index (χ0v) is 12.1. The normalized spacial score (nSPS) is 21.9. The van der Waals surface area contributed by atoms with Crippen molar-refractivity contribution < 1.29 is 9.13 Å².